The van der Waals surface area contributed by atoms with Crippen LogP contribution in [0.4, 0.5) is 0 Å². The summed E-state index contributed by atoms with van der Waals surface area (Å²) in [6, 6.07) is 12.7. The number of hydrogen-bond acceptors (Lipinski definition) is 2. The van der Waals surface area contributed by atoms with E-state index in [2.05, 4.69) is 4.98 Å². The van der Waals surface area contributed by atoms with Crippen molar-refractivity contribution in [2.24, 2.45) is 0 Å². The molecule has 74 valence electrons. The van der Waals surface area contributed by atoms with Crippen LogP contribution in [0.3, 0.4) is 0 Å². The van der Waals surface area contributed by atoms with Gasteiger partial charge in [0.1, 0.15) is 5.69 Å². The maximum atomic E-state index is 10.6. The molecule has 3 heteroatoms. The van der Waals surface area contributed by atoms with Gasteiger partial charge in [-0.15, -0.1) is 0 Å². The molecule has 0 radical (unpaired) electrons. The number of carbonyl (C=O) groups is 1. The second kappa shape index (κ2) is 4.24. The summed E-state index contributed by atoms with van der Waals surface area (Å²) in [6.07, 6.45) is 0.736. The van der Waals surface area contributed by atoms with E-state index in [0.717, 1.165) is 17.5 Å². The molecular weight excluding hydrogens is 210 g/mol. The van der Waals surface area contributed by atoms with E-state index in [1.165, 1.54) is 0 Å². The van der Waals surface area contributed by atoms with E-state index in [9.17, 15) is 4.79 Å². The van der Waals surface area contributed by atoms with Gasteiger partial charge in [-0.1, -0.05) is 29.8 Å². The monoisotopic (exact) mass is 217 g/mol. The van der Waals surface area contributed by atoms with E-state index in [4.69, 9.17) is 11.6 Å². The minimum Gasteiger partial charge on any atom is -0.296 e. The lowest BCUT2D eigenvalue weighted by Crippen LogP contribution is -1.89. The van der Waals surface area contributed by atoms with Crippen molar-refractivity contribution in [2.75, 3.05) is 0 Å². The molecule has 0 amide bonds. The molecule has 15 heavy (non-hydrogen) atoms. The highest BCUT2D eigenvalue weighted by molar-refractivity contribution is 6.30. The van der Waals surface area contributed by atoms with Gasteiger partial charge in [-0.05, 0) is 24.3 Å². The van der Waals surface area contributed by atoms with Crippen LogP contribution in [0.2, 0.25) is 5.02 Å². The van der Waals surface area contributed by atoms with Crippen LogP contribution in [0, 0.1) is 0 Å². The number of nitrogens with zero attached hydrogens (tertiary/aromatic N) is 1. The summed E-state index contributed by atoms with van der Waals surface area (Å²) in [5, 5.41) is 0.685. The first-order valence-corrected chi connectivity index (χ1v) is 4.85. The zero-order valence-electron chi connectivity index (χ0n) is 7.85. The van der Waals surface area contributed by atoms with Gasteiger partial charge in [0.25, 0.3) is 0 Å². The number of pyridine rings is 1. The van der Waals surface area contributed by atoms with Gasteiger partial charge >= 0.3 is 0 Å². The topological polar surface area (TPSA) is 30.0 Å². The third-order valence-electron chi connectivity index (χ3n) is 2.03. The highest BCUT2D eigenvalue weighted by atomic mass is 35.5. The fraction of sp³-hybridized carbons (Fsp3) is 0. The Balaban J connectivity index is 2.44. The largest absolute Gasteiger partial charge is 0.296 e. The normalized spacial score (nSPS) is 9.93. The Morgan fingerprint density at radius 3 is 2.47 bits per heavy atom. The van der Waals surface area contributed by atoms with Gasteiger partial charge < -0.3 is 0 Å². The lowest BCUT2D eigenvalue weighted by molar-refractivity contribution is 0.111. The smallest absolute Gasteiger partial charge is 0.168 e. The number of aldehydes is 1. The van der Waals surface area contributed by atoms with Crippen LogP contribution in [0.1, 0.15) is 10.5 Å². The van der Waals surface area contributed by atoms with E-state index in [1.54, 1.807) is 24.3 Å². The summed E-state index contributed by atoms with van der Waals surface area (Å²) in [6.45, 7) is 0. The molecule has 2 aromatic rings. The van der Waals surface area contributed by atoms with Crippen molar-refractivity contribution in [3.8, 4) is 11.3 Å². The third-order valence-corrected chi connectivity index (χ3v) is 2.28. The average Bonchev–Trinajstić information content (AvgIpc) is 2.30. The van der Waals surface area contributed by atoms with Crippen molar-refractivity contribution >= 4 is 17.9 Å². The molecule has 0 bridgehead atoms. The van der Waals surface area contributed by atoms with Crippen LogP contribution < -0.4 is 0 Å². The van der Waals surface area contributed by atoms with Crippen LogP contribution in [-0.4, -0.2) is 11.3 Å². The molecule has 0 spiro atoms. The van der Waals surface area contributed by atoms with E-state index in [-0.39, 0.29) is 0 Å². The molecule has 0 atom stereocenters. The number of aromatic nitrogens is 1. The van der Waals surface area contributed by atoms with Gasteiger partial charge in [-0.2, -0.15) is 0 Å². The summed E-state index contributed by atoms with van der Waals surface area (Å²) >= 11 is 5.78. The van der Waals surface area contributed by atoms with Crippen LogP contribution in [0.15, 0.2) is 42.5 Å². The number of carbonyl (C=O) groups excluding carboxylic acids is 1. The summed E-state index contributed by atoms with van der Waals surface area (Å²) in [4.78, 5) is 14.7. The maximum Gasteiger partial charge on any atom is 0.168 e. The molecule has 0 fully saturated rings. The van der Waals surface area contributed by atoms with Crippen LogP contribution in [0.5, 0.6) is 0 Å². The quantitative estimate of drug-likeness (QED) is 0.723. The highest BCUT2D eigenvalue weighted by Crippen LogP contribution is 2.19. The molecule has 1 aromatic heterocycles. The summed E-state index contributed by atoms with van der Waals surface area (Å²) < 4.78 is 0. The first-order valence-electron chi connectivity index (χ1n) is 4.48. The summed E-state index contributed by atoms with van der Waals surface area (Å²) in [7, 11) is 0. The van der Waals surface area contributed by atoms with Gasteiger partial charge in [0, 0.05) is 10.6 Å². The molecule has 0 aliphatic carbocycles. The van der Waals surface area contributed by atoms with E-state index < -0.39 is 0 Å². The first kappa shape index (κ1) is 9.87. The SMILES string of the molecule is O=Cc1cccc(-c2ccc(Cl)cc2)n1. The maximum absolute atomic E-state index is 10.6. The predicted octanol–water partition coefficient (Wildman–Crippen LogP) is 3.21. The fourth-order valence-electron chi connectivity index (χ4n) is 1.30. The Morgan fingerprint density at radius 2 is 1.80 bits per heavy atom. The van der Waals surface area contributed by atoms with Crippen molar-refractivity contribution in [3.63, 3.8) is 0 Å². The van der Waals surface area contributed by atoms with Crippen LogP contribution in [0.25, 0.3) is 11.3 Å². The second-order valence-corrected chi connectivity index (χ2v) is 3.51. The van der Waals surface area contributed by atoms with Crippen molar-refractivity contribution in [1.29, 1.82) is 0 Å². The summed E-state index contributed by atoms with van der Waals surface area (Å²) in [5.74, 6) is 0. The Labute approximate surface area is 92.5 Å². The van der Waals surface area contributed by atoms with Crippen molar-refractivity contribution in [3.05, 3.63) is 53.2 Å². The van der Waals surface area contributed by atoms with Gasteiger partial charge in [-0.25, -0.2) is 4.98 Å². The molecule has 0 aliphatic heterocycles. The molecule has 0 aliphatic rings. The zero-order chi connectivity index (χ0) is 10.7. The van der Waals surface area contributed by atoms with Crippen LogP contribution >= 0.6 is 11.6 Å². The van der Waals surface area contributed by atoms with Gasteiger partial charge in [0.05, 0.1) is 5.69 Å². The van der Waals surface area contributed by atoms with Gasteiger partial charge in [-0.3, -0.25) is 4.79 Å². The predicted molar refractivity (Wildman–Crippen MR) is 60.1 cm³/mol. The fourth-order valence-corrected chi connectivity index (χ4v) is 1.42. The molecule has 0 saturated carbocycles. The van der Waals surface area contributed by atoms with Gasteiger partial charge in [0.15, 0.2) is 6.29 Å². The van der Waals surface area contributed by atoms with E-state index in [1.807, 2.05) is 18.2 Å². The number of hydrogen-bond donors (Lipinski definition) is 0. The van der Waals surface area contributed by atoms with Gasteiger partial charge in [0.2, 0.25) is 0 Å². The van der Waals surface area contributed by atoms with Crippen molar-refractivity contribution in [1.82, 2.24) is 4.98 Å². The molecule has 1 aromatic carbocycles. The Bertz CT molecular complexity index is 479. The standard InChI is InChI=1S/C12H8ClNO/c13-10-6-4-9(5-7-10)12-3-1-2-11(8-15)14-12/h1-8H. The lowest BCUT2D eigenvalue weighted by atomic mass is 10.1. The molecule has 2 rings (SSSR count). The van der Waals surface area contributed by atoms with E-state index in [0.29, 0.717) is 10.7 Å². The number of benzene rings is 1. The lowest BCUT2D eigenvalue weighted by Gasteiger charge is -2.00. The molecule has 0 saturated heterocycles. The molecule has 1 heterocycles. The Kier molecular flexibility index (Phi) is 2.79. The molecular formula is C12H8ClNO. The highest BCUT2D eigenvalue weighted by Gasteiger charge is 1.99. The minimum atomic E-state index is 0.433. The third kappa shape index (κ3) is 2.22. The Hall–Kier alpha value is -1.67. The van der Waals surface area contributed by atoms with Crippen LogP contribution in [-0.2, 0) is 0 Å². The molecule has 0 unspecified atom stereocenters. The average molecular weight is 218 g/mol. The van der Waals surface area contributed by atoms with Crippen molar-refractivity contribution < 1.29 is 4.79 Å². The first-order chi connectivity index (χ1) is 7.29. The second-order valence-electron chi connectivity index (χ2n) is 3.07. The Morgan fingerprint density at radius 1 is 1.07 bits per heavy atom. The van der Waals surface area contributed by atoms with E-state index >= 15 is 0 Å². The molecule has 0 N–H and O–H groups in total. The summed E-state index contributed by atoms with van der Waals surface area (Å²) in [5.41, 5.74) is 2.15. The zero-order valence-corrected chi connectivity index (χ0v) is 8.61. The molecule has 2 nitrogen and oxygen atoms in total. The number of halogens is 1. The number of rotatable bonds is 2. The van der Waals surface area contributed by atoms with Crippen molar-refractivity contribution in [2.45, 2.75) is 0 Å². The minimum absolute atomic E-state index is 0.433.